The van der Waals surface area contributed by atoms with Crippen LogP contribution < -0.4 is 11.1 Å². The van der Waals surface area contributed by atoms with Crippen molar-refractivity contribution in [2.45, 2.75) is 44.7 Å². The van der Waals surface area contributed by atoms with E-state index in [4.69, 9.17) is 5.73 Å². The summed E-state index contributed by atoms with van der Waals surface area (Å²) >= 11 is 0. The normalized spacial score (nSPS) is 40.1. The van der Waals surface area contributed by atoms with Crippen molar-refractivity contribution in [2.24, 2.45) is 11.7 Å². The third-order valence-electron chi connectivity index (χ3n) is 2.71. The van der Waals surface area contributed by atoms with Crippen LogP contribution in [0.15, 0.2) is 0 Å². The lowest BCUT2D eigenvalue weighted by Crippen LogP contribution is -2.31. The molecule has 0 heterocycles. The molecular formula is C9H20N2. The minimum absolute atomic E-state index is 0.421. The van der Waals surface area contributed by atoms with Gasteiger partial charge in [0.1, 0.15) is 0 Å². The van der Waals surface area contributed by atoms with Gasteiger partial charge in [-0.15, -0.1) is 0 Å². The lowest BCUT2D eigenvalue weighted by atomic mass is 10.0. The second kappa shape index (κ2) is 4.07. The zero-order valence-corrected chi connectivity index (χ0v) is 7.64. The maximum Gasteiger partial charge on any atom is 0.00788 e. The van der Waals surface area contributed by atoms with Crippen molar-refractivity contribution < 1.29 is 0 Å². The lowest BCUT2D eigenvalue weighted by molar-refractivity contribution is 0.466. The van der Waals surface area contributed by atoms with Gasteiger partial charge in [0.05, 0.1) is 0 Å². The van der Waals surface area contributed by atoms with Crippen LogP contribution in [-0.2, 0) is 0 Å². The van der Waals surface area contributed by atoms with Crippen LogP contribution in [0.4, 0.5) is 0 Å². The highest BCUT2D eigenvalue weighted by Crippen LogP contribution is 2.21. The predicted octanol–water partition coefficient (Wildman–Crippen LogP) is 1.11. The van der Waals surface area contributed by atoms with E-state index in [1.165, 1.54) is 19.3 Å². The highest BCUT2D eigenvalue weighted by Gasteiger charge is 2.19. The number of nitrogens with one attached hydrogen (secondary N) is 1. The first-order valence-electron chi connectivity index (χ1n) is 4.65. The van der Waals surface area contributed by atoms with E-state index >= 15 is 0 Å². The highest BCUT2D eigenvalue weighted by molar-refractivity contribution is 4.79. The Bertz CT molecular complexity index is 114. The topological polar surface area (TPSA) is 38.0 Å². The van der Waals surface area contributed by atoms with Crippen molar-refractivity contribution in [3.8, 4) is 0 Å². The molecule has 2 heteroatoms. The molecule has 0 saturated heterocycles. The fourth-order valence-corrected chi connectivity index (χ4v) is 1.96. The van der Waals surface area contributed by atoms with Gasteiger partial charge in [-0.3, -0.25) is 0 Å². The molecule has 0 aromatic heterocycles. The Morgan fingerprint density at radius 3 is 2.64 bits per heavy atom. The molecule has 1 fully saturated rings. The van der Waals surface area contributed by atoms with E-state index < -0.39 is 0 Å². The Kier molecular flexibility index (Phi) is 3.34. The molecule has 0 aromatic carbocycles. The zero-order valence-electron chi connectivity index (χ0n) is 7.64. The van der Waals surface area contributed by atoms with E-state index in [-0.39, 0.29) is 0 Å². The van der Waals surface area contributed by atoms with Crippen molar-refractivity contribution in [2.75, 3.05) is 7.05 Å². The molecule has 0 amide bonds. The van der Waals surface area contributed by atoms with E-state index in [0.29, 0.717) is 12.1 Å². The van der Waals surface area contributed by atoms with Gasteiger partial charge in [0.15, 0.2) is 0 Å². The SMILES string of the molecule is CN[C@@H]1CC[C@H](C)C[C@@H](N)C1. The Morgan fingerprint density at radius 2 is 2.00 bits per heavy atom. The molecule has 1 aliphatic carbocycles. The Morgan fingerprint density at radius 1 is 1.27 bits per heavy atom. The Labute approximate surface area is 69.5 Å². The zero-order chi connectivity index (χ0) is 8.27. The van der Waals surface area contributed by atoms with E-state index in [0.717, 1.165) is 12.3 Å². The summed E-state index contributed by atoms with van der Waals surface area (Å²) in [6, 6.07) is 1.08. The molecule has 2 nitrogen and oxygen atoms in total. The van der Waals surface area contributed by atoms with Crippen molar-refractivity contribution >= 4 is 0 Å². The number of rotatable bonds is 1. The maximum absolute atomic E-state index is 5.95. The molecule has 3 N–H and O–H groups in total. The van der Waals surface area contributed by atoms with E-state index in [1.54, 1.807) is 0 Å². The van der Waals surface area contributed by atoms with Crippen molar-refractivity contribution in [1.29, 1.82) is 0 Å². The van der Waals surface area contributed by atoms with Gasteiger partial charge in [0.25, 0.3) is 0 Å². The second-order valence-corrected chi connectivity index (χ2v) is 3.90. The quantitative estimate of drug-likeness (QED) is 0.558. The predicted molar refractivity (Wildman–Crippen MR) is 48.5 cm³/mol. The van der Waals surface area contributed by atoms with Crippen LogP contribution in [0.3, 0.4) is 0 Å². The molecule has 0 bridgehead atoms. The summed E-state index contributed by atoms with van der Waals surface area (Å²) in [6.45, 7) is 2.30. The van der Waals surface area contributed by atoms with Gasteiger partial charge in [-0.05, 0) is 38.6 Å². The first-order valence-corrected chi connectivity index (χ1v) is 4.65. The van der Waals surface area contributed by atoms with E-state index in [9.17, 15) is 0 Å². The van der Waals surface area contributed by atoms with Gasteiger partial charge in [-0.1, -0.05) is 6.92 Å². The summed E-state index contributed by atoms with van der Waals surface area (Å²) in [4.78, 5) is 0. The van der Waals surface area contributed by atoms with Gasteiger partial charge >= 0.3 is 0 Å². The fraction of sp³-hybridized carbons (Fsp3) is 1.00. The molecule has 0 aromatic rings. The summed E-state index contributed by atoms with van der Waals surface area (Å²) in [7, 11) is 2.04. The molecule has 1 aliphatic rings. The van der Waals surface area contributed by atoms with E-state index in [2.05, 4.69) is 12.2 Å². The molecule has 0 aliphatic heterocycles. The monoisotopic (exact) mass is 156 g/mol. The number of nitrogens with two attached hydrogens (primary N) is 1. The lowest BCUT2D eigenvalue weighted by Gasteiger charge is -2.15. The standard InChI is InChI=1S/C9H20N2/c1-7-3-4-9(11-2)6-8(10)5-7/h7-9,11H,3-6,10H2,1-2H3/t7-,8+,9+/m0/s1. The van der Waals surface area contributed by atoms with Crippen LogP contribution in [0.1, 0.15) is 32.6 Å². The first kappa shape index (κ1) is 9.01. The summed E-state index contributed by atoms with van der Waals surface area (Å²) in [5, 5.41) is 3.31. The highest BCUT2D eigenvalue weighted by atomic mass is 14.9. The van der Waals surface area contributed by atoms with Gasteiger partial charge < -0.3 is 11.1 Å². The summed E-state index contributed by atoms with van der Waals surface area (Å²) < 4.78 is 0. The maximum atomic E-state index is 5.95. The van der Waals surface area contributed by atoms with E-state index in [1.807, 2.05) is 7.05 Å². The first-order chi connectivity index (χ1) is 5.22. The molecule has 1 rings (SSSR count). The molecule has 0 radical (unpaired) electrons. The smallest absolute Gasteiger partial charge is 0.00788 e. The third-order valence-corrected chi connectivity index (χ3v) is 2.71. The second-order valence-electron chi connectivity index (χ2n) is 3.90. The molecule has 66 valence electrons. The van der Waals surface area contributed by atoms with Crippen LogP contribution in [0.5, 0.6) is 0 Å². The minimum Gasteiger partial charge on any atom is -0.328 e. The van der Waals surface area contributed by atoms with Crippen LogP contribution in [-0.4, -0.2) is 19.1 Å². The fourth-order valence-electron chi connectivity index (χ4n) is 1.96. The molecular weight excluding hydrogens is 136 g/mol. The largest absolute Gasteiger partial charge is 0.328 e. The summed E-state index contributed by atoms with van der Waals surface area (Å²) in [6.07, 6.45) is 4.99. The summed E-state index contributed by atoms with van der Waals surface area (Å²) in [5.74, 6) is 0.823. The average Bonchev–Trinajstić information content (AvgIpc) is 2.11. The Balaban J connectivity index is 2.39. The van der Waals surface area contributed by atoms with Crippen LogP contribution in [0, 0.1) is 5.92 Å². The molecule has 0 spiro atoms. The molecule has 1 saturated carbocycles. The van der Waals surface area contributed by atoms with Crippen molar-refractivity contribution in [1.82, 2.24) is 5.32 Å². The van der Waals surface area contributed by atoms with Crippen molar-refractivity contribution in [3.63, 3.8) is 0 Å². The summed E-state index contributed by atoms with van der Waals surface area (Å²) in [5.41, 5.74) is 5.95. The third kappa shape index (κ3) is 2.80. The van der Waals surface area contributed by atoms with Gasteiger partial charge in [-0.2, -0.15) is 0 Å². The van der Waals surface area contributed by atoms with Gasteiger partial charge in [-0.25, -0.2) is 0 Å². The van der Waals surface area contributed by atoms with Crippen LogP contribution >= 0.6 is 0 Å². The van der Waals surface area contributed by atoms with Crippen LogP contribution in [0.2, 0.25) is 0 Å². The molecule has 0 unspecified atom stereocenters. The van der Waals surface area contributed by atoms with Crippen molar-refractivity contribution in [3.05, 3.63) is 0 Å². The molecule has 11 heavy (non-hydrogen) atoms. The minimum atomic E-state index is 0.421. The molecule has 3 atom stereocenters. The van der Waals surface area contributed by atoms with Gasteiger partial charge in [0, 0.05) is 12.1 Å². The van der Waals surface area contributed by atoms with Gasteiger partial charge in [0.2, 0.25) is 0 Å². The Hall–Kier alpha value is -0.0800. The number of hydrogen-bond acceptors (Lipinski definition) is 2. The average molecular weight is 156 g/mol. The number of hydrogen-bond donors (Lipinski definition) is 2. The van der Waals surface area contributed by atoms with Crippen LogP contribution in [0.25, 0.3) is 0 Å².